The highest BCUT2D eigenvalue weighted by atomic mass is 35.5. The van der Waals surface area contributed by atoms with E-state index in [1.54, 1.807) is 0 Å². The number of hydrogen-bond donors (Lipinski definition) is 3. The summed E-state index contributed by atoms with van der Waals surface area (Å²) in [6.45, 7) is 1.49. The van der Waals surface area contributed by atoms with Crippen molar-refractivity contribution < 1.29 is 14.7 Å². The lowest BCUT2D eigenvalue weighted by atomic mass is 9.89. The Hall–Kier alpha value is -1.46. The molecule has 0 aliphatic heterocycles. The minimum Gasteiger partial charge on any atom is -0.505 e. The summed E-state index contributed by atoms with van der Waals surface area (Å²) in [5.74, 6) is -1.33. The molecule has 3 N–H and O–H groups in total. The third-order valence-corrected chi connectivity index (χ3v) is 3.57. The van der Waals surface area contributed by atoms with Crippen LogP contribution in [0.15, 0.2) is 16.5 Å². The molecular formula is C11H8ClNO3S. The smallest absolute Gasteiger partial charge is 0.193 e. The van der Waals surface area contributed by atoms with Crippen molar-refractivity contribution >= 4 is 41.5 Å². The molecule has 0 heterocycles. The zero-order valence-corrected chi connectivity index (χ0v) is 10.4. The van der Waals surface area contributed by atoms with Crippen LogP contribution in [-0.2, 0) is 0 Å². The largest absolute Gasteiger partial charge is 0.505 e. The maximum Gasteiger partial charge on any atom is 0.193 e. The van der Waals surface area contributed by atoms with Gasteiger partial charge < -0.3 is 10.8 Å². The van der Waals surface area contributed by atoms with E-state index >= 15 is 0 Å². The Bertz CT molecular complexity index is 607. The van der Waals surface area contributed by atoms with E-state index in [-0.39, 0.29) is 32.3 Å². The molecule has 1 aliphatic rings. The number of carbonyl (C=O) groups excluding carboxylic acids is 2. The second-order valence-corrected chi connectivity index (χ2v) is 4.52. The average Bonchev–Trinajstić information content (AvgIpc) is 2.28. The van der Waals surface area contributed by atoms with Gasteiger partial charge in [-0.3, -0.25) is 9.59 Å². The van der Waals surface area contributed by atoms with Crippen molar-refractivity contribution in [3.05, 3.63) is 27.8 Å². The van der Waals surface area contributed by atoms with E-state index in [1.165, 1.54) is 13.0 Å². The molecule has 1 aliphatic carbocycles. The quantitative estimate of drug-likeness (QED) is 0.383. The van der Waals surface area contributed by atoms with Gasteiger partial charge >= 0.3 is 0 Å². The van der Waals surface area contributed by atoms with Crippen molar-refractivity contribution in [2.75, 3.05) is 5.73 Å². The predicted octanol–water partition coefficient (Wildman–Crippen LogP) is 2.24. The van der Waals surface area contributed by atoms with Crippen LogP contribution in [0.2, 0.25) is 5.02 Å². The number of thiol groups is 1. The van der Waals surface area contributed by atoms with E-state index in [2.05, 4.69) is 12.6 Å². The fraction of sp³-hybridized carbons (Fsp3) is 0.0909. The van der Waals surface area contributed by atoms with Crippen LogP contribution in [0, 0.1) is 0 Å². The number of nitrogens with two attached hydrogens (primary N) is 1. The van der Waals surface area contributed by atoms with Gasteiger partial charge in [0, 0.05) is 10.5 Å². The van der Waals surface area contributed by atoms with Gasteiger partial charge in [-0.1, -0.05) is 11.6 Å². The molecule has 0 bridgehead atoms. The van der Waals surface area contributed by atoms with Crippen LogP contribution >= 0.6 is 24.2 Å². The van der Waals surface area contributed by atoms with E-state index in [9.17, 15) is 14.7 Å². The van der Waals surface area contributed by atoms with Gasteiger partial charge in [-0.2, -0.15) is 0 Å². The second-order valence-electron chi connectivity index (χ2n) is 3.70. The standard InChI is InChI=1S/C11H8ClNO3S/c1-3-2-4(14)5-6(9(3)15)10(16)8(13)7(12)11(5)17/h2,16-17H,13H2,1H3. The van der Waals surface area contributed by atoms with Gasteiger partial charge in [-0.15, -0.1) is 12.6 Å². The number of hydrogen-bond acceptors (Lipinski definition) is 5. The number of anilines is 1. The normalized spacial score (nSPS) is 14.6. The topological polar surface area (TPSA) is 80.4 Å². The number of phenols is 1. The summed E-state index contributed by atoms with van der Waals surface area (Å²) in [5, 5.41) is 9.78. The molecule has 0 spiro atoms. The first-order valence-electron chi connectivity index (χ1n) is 4.66. The summed E-state index contributed by atoms with van der Waals surface area (Å²) in [7, 11) is 0. The minimum atomic E-state index is -0.464. The number of phenolic OH excluding ortho intramolecular Hbond substituents is 1. The number of fused-ring (bicyclic) bond motifs is 1. The number of nitrogen functional groups attached to an aromatic ring is 1. The highest BCUT2D eigenvalue weighted by Gasteiger charge is 2.31. The molecule has 88 valence electrons. The fourth-order valence-corrected chi connectivity index (χ4v) is 2.23. The number of ketones is 2. The van der Waals surface area contributed by atoms with Crippen molar-refractivity contribution in [1.82, 2.24) is 0 Å². The molecule has 0 unspecified atom stereocenters. The first-order chi connectivity index (χ1) is 7.86. The Morgan fingerprint density at radius 3 is 2.53 bits per heavy atom. The van der Waals surface area contributed by atoms with Gasteiger partial charge in [0.05, 0.1) is 21.8 Å². The van der Waals surface area contributed by atoms with Crippen molar-refractivity contribution in [3.8, 4) is 5.75 Å². The third kappa shape index (κ3) is 1.54. The molecule has 0 radical (unpaired) electrons. The van der Waals surface area contributed by atoms with Crippen molar-refractivity contribution in [1.29, 1.82) is 0 Å². The van der Waals surface area contributed by atoms with Crippen LogP contribution < -0.4 is 5.73 Å². The van der Waals surface area contributed by atoms with Crippen LogP contribution in [0.5, 0.6) is 5.75 Å². The highest BCUT2D eigenvalue weighted by Crippen LogP contribution is 2.43. The Kier molecular flexibility index (Phi) is 2.67. The predicted molar refractivity (Wildman–Crippen MR) is 67.2 cm³/mol. The zero-order valence-electron chi connectivity index (χ0n) is 8.74. The Morgan fingerprint density at radius 2 is 1.94 bits per heavy atom. The van der Waals surface area contributed by atoms with E-state index in [4.69, 9.17) is 17.3 Å². The number of halogens is 1. The van der Waals surface area contributed by atoms with Crippen LogP contribution in [0.25, 0.3) is 0 Å². The molecule has 17 heavy (non-hydrogen) atoms. The first kappa shape index (κ1) is 12.0. The van der Waals surface area contributed by atoms with Gasteiger partial charge in [0.2, 0.25) is 0 Å². The van der Waals surface area contributed by atoms with Gasteiger partial charge in [0.1, 0.15) is 0 Å². The van der Waals surface area contributed by atoms with Crippen molar-refractivity contribution in [3.63, 3.8) is 0 Å². The number of benzene rings is 1. The molecule has 0 aromatic heterocycles. The fourth-order valence-electron chi connectivity index (χ4n) is 1.71. The lowest BCUT2D eigenvalue weighted by Gasteiger charge is -2.18. The number of carbonyl (C=O) groups is 2. The maximum absolute atomic E-state index is 11.9. The highest BCUT2D eigenvalue weighted by molar-refractivity contribution is 7.80. The van der Waals surface area contributed by atoms with Crippen LogP contribution in [0.3, 0.4) is 0 Å². The van der Waals surface area contributed by atoms with Crippen LogP contribution in [-0.4, -0.2) is 16.7 Å². The minimum absolute atomic E-state index is 0.000586. The van der Waals surface area contributed by atoms with Crippen LogP contribution in [0.4, 0.5) is 5.69 Å². The second kappa shape index (κ2) is 3.78. The molecule has 0 saturated carbocycles. The lowest BCUT2D eigenvalue weighted by Crippen LogP contribution is -2.17. The number of Topliss-reactive ketones (excluding diaryl/α,β-unsaturated/α-hetero) is 1. The molecule has 0 fully saturated rings. The van der Waals surface area contributed by atoms with E-state index in [1.807, 2.05) is 0 Å². The molecule has 0 saturated heterocycles. The monoisotopic (exact) mass is 269 g/mol. The summed E-state index contributed by atoms with van der Waals surface area (Å²) in [5.41, 5.74) is 5.52. The third-order valence-electron chi connectivity index (χ3n) is 2.60. The van der Waals surface area contributed by atoms with Gasteiger partial charge in [-0.25, -0.2) is 0 Å². The Morgan fingerprint density at radius 1 is 1.35 bits per heavy atom. The molecule has 1 aromatic rings. The maximum atomic E-state index is 11.9. The number of aromatic hydroxyl groups is 1. The summed E-state index contributed by atoms with van der Waals surface area (Å²) < 4.78 is 0. The summed E-state index contributed by atoms with van der Waals surface area (Å²) in [6.07, 6.45) is 1.19. The van der Waals surface area contributed by atoms with Crippen molar-refractivity contribution in [2.24, 2.45) is 0 Å². The van der Waals surface area contributed by atoms with Gasteiger partial charge in [-0.05, 0) is 13.0 Å². The molecule has 4 nitrogen and oxygen atoms in total. The summed E-state index contributed by atoms with van der Waals surface area (Å²) in [6, 6.07) is 0. The van der Waals surface area contributed by atoms with E-state index < -0.39 is 17.3 Å². The van der Waals surface area contributed by atoms with Crippen LogP contribution in [0.1, 0.15) is 27.6 Å². The molecule has 0 amide bonds. The van der Waals surface area contributed by atoms with Gasteiger partial charge in [0.15, 0.2) is 17.3 Å². The zero-order chi connectivity index (χ0) is 12.9. The van der Waals surface area contributed by atoms with Crippen molar-refractivity contribution in [2.45, 2.75) is 11.8 Å². The molecule has 6 heteroatoms. The van der Waals surface area contributed by atoms with E-state index in [0.29, 0.717) is 0 Å². The van der Waals surface area contributed by atoms with E-state index in [0.717, 1.165) is 0 Å². The summed E-state index contributed by atoms with van der Waals surface area (Å²) >= 11 is 9.89. The Labute approximate surface area is 107 Å². The first-order valence-corrected chi connectivity index (χ1v) is 5.49. The Balaban J connectivity index is 2.93. The lowest BCUT2D eigenvalue weighted by molar-refractivity contribution is 0.0980. The molecule has 2 rings (SSSR count). The number of allylic oxidation sites excluding steroid dienone is 2. The number of rotatable bonds is 0. The van der Waals surface area contributed by atoms with Gasteiger partial charge in [0.25, 0.3) is 0 Å². The summed E-state index contributed by atoms with van der Waals surface area (Å²) in [4.78, 5) is 23.8. The molecule has 0 atom stereocenters. The molecular weight excluding hydrogens is 262 g/mol. The molecule has 1 aromatic carbocycles. The average molecular weight is 270 g/mol. The SMILES string of the molecule is CC1=CC(=O)c2c(S)c(Cl)c(N)c(O)c2C1=O.